The summed E-state index contributed by atoms with van der Waals surface area (Å²) in [6.07, 6.45) is 0.581. The molecule has 0 amide bonds. The van der Waals surface area contributed by atoms with Crippen LogP contribution in [0.5, 0.6) is 0 Å². The smallest absolute Gasteiger partial charge is 0.264 e. The molecule has 0 unspecified atom stereocenters. The maximum Gasteiger partial charge on any atom is 0.264 e. The van der Waals surface area contributed by atoms with Gasteiger partial charge in [-0.1, -0.05) is 17.7 Å². The number of hydrogen-bond acceptors (Lipinski definition) is 3. The molecule has 0 saturated carbocycles. The Morgan fingerprint density at radius 3 is 2.81 bits per heavy atom. The van der Waals surface area contributed by atoms with Gasteiger partial charge in [0, 0.05) is 0 Å². The van der Waals surface area contributed by atoms with E-state index in [0.717, 1.165) is 4.57 Å². The zero-order valence-corrected chi connectivity index (χ0v) is 9.50. The number of carbonyl (C=O) groups excluding carboxylic acids is 1. The second-order valence-electron chi connectivity index (χ2n) is 3.10. The Kier molecular flexibility index (Phi) is 2.94. The number of rotatable bonds is 2. The predicted octanol–water partition coefficient (Wildman–Crippen LogP) is 1.90. The Hall–Kier alpha value is -1.39. The van der Waals surface area contributed by atoms with Crippen molar-refractivity contribution in [3.63, 3.8) is 0 Å². The van der Waals surface area contributed by atoms with Gasteiger partial charge in [0.05, 0.1) is 22.5 Å². The van der Waals surface area contributed by atoms with E-state index in [-0.39, 0.29) is 17.2 Å². The molecule has 16 heavy (non-hydrogen) atoms. The predicted molar refractivity (Wildman–Crippen MR) is 62.1 cm³/mol. The molecular formula is C10H6Cl2N2O2. The van der Waals surface area contributed by atoms with Crippen LogP contribution in [0.25, 0.3) is 10.9 Å². The van der Waals surface area contributed by atoms with Crippen molar-refractivity contribution in [3.8, 4) is 0 Å². The number of fused-ring (bicyclic) bond motifs is 1. The minimum atomic E-state index is -0.410. The van der Waals surface area contributed by atoms with Crippen LogP contribution < -0.4 is 5.56 Å². The summed E-state index contributed by atoms with van der Waals surface area (Å²) >= 11 is 11.7. The topological polar surface area (TPSA) is 52.0 Å². The van der Waals surface area contributed by atoms with Gasteiger partial charge in [0.15, 0.2) is 0 Å². The summed E-state index contributed by atoms with van der Waals surface area (Å²) in [5, 5.41) is 0.550. The first-order valence-electron chi connectivity index (χ1n) is 4.43. The Morgan fingerprint density at radius 2 is 2.12 bits per heavy atom. The zero-order chi connectivity index (χ0) is 11.7. The third-order valence-electron chi connectivity index (χ3n) is 2.14. The summed E-state index contributed by atoms with van der Waals surface area (Å²) in [4.78, 5) is 26.4. The molecule has 0 aliphatic rings. The highest BCUT2D eigenvalue weighted by Gasteiger charge is 2.11. The lowest BCUT2D eigenvalue weighted by Crippen LogP contribution is -2.23. The van der Waals surface area contributed by atoms with E-state index in [4.69, 9.17) is 23.2 Å². The molecule has 2 aromatic rings. The van der Waals surface area contributed by atoms with Crippen LogP contribution in [0.3, 0.4) is 0 Å². The highest BCUT2D eigenvalue weighted by molar-refractivity contribution is 6.35. The quantitative estimate of drug-likeness (QED) is 0.609. The van der Waals surface area contributed by atoms with Crippen molar-refractivity contribution in [3.05, 3.63) is 38.9 Å². The standard InChI is InChI=1S/C10H6Cl2N2O2/c11-6-2-1-3-7-8(6)9(16)14(4-5-15)10(12)13-7/h1-3,5H,4H2. The van der Waals surface area contributed by atoms with Gasteiger partial charge in [0.25, 0.3) is 5.56 Å². The van der Waals surface area contributed by atoms with E-state index in [1.807, 2.05) is 0 Å². The molecule has 0 bridgehead atoms. The second kappa shape index (κ2) is 4.23. The Balaban J connectivity index is 2.91. The Morgan fingerprint density at radius 1 is 1.38 bits per heavy atom. The molecular weight excluding hydrogens is 251 g/mol. The molecule has 82 valence electrons. The normalized spacial score (nSPS) is 10.6. The Labute approximate surface area is 100 Å². The van der Waals surface area contributed by atoms with E-state index in [0.29, 0.717) is 16.8 Å². The number of halogens is 2. The second-order valence-corrected chi connectivity index (χ2v) is 3.84. The first-order valence-corrected chi connectivity index (χ1v) is 5.19. The molecule has 0 fully saturated rings. The SMILES string of the molecule is O=CCn1c(Cl)nc2cccc(Cl)c2c1=O. The van der Waals surface area contributed by atoms with Crippen LogP contribution in [0, 0.1) is 0 Å². The van der Waals surface area contributed by atoms with Crippen LogP contribution >= 0.6 is 23.2 Å². The molecule has 0 aliphatic heterocycles. The van der Waals surface area contributed by atoms with Crippen LogP contribution in [-0.4, -0.2) is 15.8 Å². The molecule has 0 radical (unpaired) electrons. The largest absolute Gasteiger partial charge is 0.301 e. The van der Waals surface area contributed by atoms with Crippen molar-refractivity contribution in [1.82, 2.24) is 9.55 Å². The highest BCUT2D eigenvalue weighted by atomic mass is 35.5. The molecule has 1 aromatic heterocycles. The number of aldehydes is 1. The number of nitrogens with zero attached hydrogens (tertiary/aromatic N) is 2. The summed E-state index contributed by atoms with van der Waals surface area (Å²) in [5.74, 6) is 0. The maximum absolute atomic E-state index is 12.0. The molecule has 0 aliphatic carbocycles. The molecule has 4 nitrogen and oxygen atoms in total. The van der Waals surface area contributed by atoms with Crippen LogP contribution in [0.15, 0.2) is 23.0 Å². The number of carbonyl (C=O) groups is 1. The third kappa shape index (κ3) is 1.70. The van der Waals surface area contributed by atoms with E-state index in [1.165, 1.54) is 0 Å². The minimum Gasteiger partial charge on any atom is -0.301 e. The lowest BCUT2D eigenvalue weighted by Gasteiger charge is -2.06. The summed E-state index contributed by atoms with van der Waals surface area (Å²) in [6.45, 7) is -0.133. The molecule has 2 rings (SSSR count). The summed E-state index contributed by atoms with van der Waals surface area (Å²) in [5.41, 5.74) is 0.0114. The molecule has 1 heterocycles. The summed E-state index contributed by atoms with van der Waals surface area (Å²) in [7, 11) is 0. The lowest BCUT2D eigenvalue weighted by atomic mass is 10.2. The van der Waals surface area contributed by atoms with Gasteiger partial charge in [0.1, 0.15) is 6.29 Å². The van der Waals surface area contributed by atoms with E-state index in [2.05, 4.69) is 4.98 Å². The average Bonchev–Trinajstić information content (AvgIpc) is 2.24. The number of aromatic nitrogens is 2. The van der Waals surface area contributed by atoms with Crippen LogP contribution in [-0.2, 0) is 11.3 Å². The lowest BCUT2D eigenvalue weighted by molar-refractivity contribution is -0.108. The molecule has 0 N–H and O–H groups in total. The van der Waals surface area contributed by atoms with Gasteiger partial charge in [-0.25, -0.2) is 4.98 Å². The van der Waals surface area contributed by atoms with E-state index in [1.54, 1.807) is 18.2 Å². The molecule has 0 saturated heterocycles. The van der Waals surface area contributed by atoms with Crippen molar-refractivity contribution in [2.75, 3.05) is 0 Å². The van der Waals surface area contributed by atoms with Crippen molar-refractivity contribution in [2.45, 2.75) is 6.54 Å². The molecule has 1 aromatic carbocycles. The van der Waals surface area contributed by atoms with Crippen molar-refractivity contribution < 1.29 is 4.79 Å². The van der Waals surface area contributed by atoms with E-state index < -0.39 is 5.56 Å². The first kappa shape index (κ1) is 11.1. The van der Waals surface area contributed by atoms with Crippen LogP contribution in [0.4, 0.5) is 0 Å². The van der Waals surface area contributed by atoms with Gasteiger partial charge in [-0.3, -0.25) is 9.36 Å². The minimum absolute atomic E-state index is 0.0214. The molecule has 6 heteroatoms. The fraction of sp³-hybridized carbons (Fsp3) is 0.100. The van der Waals surface area contributed by atoms with Crippen LogP contribution in [0.1, 0.15) is 0 Å². The monoisotopic (exact) mass is 256 g/mol. The fourth-order valence-corrected chi connectivity index (χ4v) is 1.92. The fourth-order valence-electron chi connectivity index (χ4n) is 1.43. The van der Waals surface area contributed by atoms with Gasteiger partial charge in [-0.05, 0) is 23.7 Å². The highest BCUT2D eigenvalue weighted by Crippen LogP contribution is 2.19. The van der Waals surface area contributed by atoms with Gasteiger partial charge >= 0.3 is 0 Å². The maximum atomic E-state index is 12.0. The van der Waals surface area contributed by atoms with E-state index >= 15 is 0 Å². The first-order chi connectivity index (χ1) is 7.65. The summed E-state index contributed by atoms with van der Waals surface area (Å²) < 4.78 is 1.07. The van der Waals surface area contributed by atoms with Gasteiger partial charge in [-0.15, -0.1) is 0 Å². The van der Waals surface area contributed by atoms with Crippen LogP contribution in [0.2, 0.25) is 10.3 Å². The summed E-state index contributed by atoms with van der Waals surface area (Å²) in [6, 6.07) is 4.91. The molecule has 0 spiro atoms. The zero-order valence-electron chi connectivity index (χ0n) is 7.98. The number of benzene rings is 1. The molecule has 0 atom stereocenters. The third-order valence-corrected chi connectivity index (χ3v) is 2.75. The van der Waals surface area contributed by atoms with Gasteiger partial charge in [-0.2, -0.15) is 0 Å². The van der Waals surface area contributed by atoms with Crippen molar-refractivity contribution in [2.24, 2.45) is 0 Å². The Bertz CT molecular complexity index is 622. The average molecular weight is 257 g/mol. The van der Waals surface area contributed by atoms with Crippen molar-refractivity contribution >= 4 is 40.4 Å². The number of hydrogen-bond donors (Lipinski definition) is 0. The van der Waals surface area contributed by atoms with E-state index in [9.17, 15) is 9.59 Å². The van der Waals surface area contributed by atoms with Gasteiger partial charge in [0.2, 0.25) is 5.28 Å². The van der Waals surface area contributed by atoms with Crippen molar-refractivity contribution in [1.29, 1.82) is 0 Å². The van der Waals surface area contributed by atoms with Gasteiger partial charge < -0.3 is 4.79 Å².